The summed E-state index contributed by atoms with van der Waals surface area (Å²) in [6.07, 6.45) is 0.607. The zero-order chi connectivity index (χ0) is 13.9. The minimum absolute atomic E-state index is 0.154. The fourth-order valence-corrected chi connectivity index (χ4v) is 3.29. The van der Waals surface area contributed by atoms with Gasteiger partial charge < -0.3 is 10.0 Å². The highest BCUT2D eigenvalue weighted by Crippen LogP contribution is 2.40. The van der Waals surface area contributed by atoms with E-state index < -0.39 is 12.1 Å². The smallest absolute Gasteiger partial charge is 0.391 e. The molecule has 0 spiro atoms. The van der Waals surface area contributed by atoms with Gasteiger partial charge in [-0.05, 0) is 57.4 Å². The lowest BCUT2D eigenvalue weighted by atomic mass is 9.80. The van der Waals surface area contributed by atoms with Gasteiger partial charge in [0.05, 0.1) is 12.0 Å². The molecule has 5 heteroatoms. The van der Waals surface area contributed by atoms with Crippen molar-refractivity contribution in [2.75, 3.05) is 19.6 Å². The van der Waals surface area contributed by atoms with E-state index in [1.807, 2.05) is 0 Å². The Morgan fingerprint density at radius 2 is 1.53 bits per heavy atom. The Morgan fingerprint density at radius 1 is 0.947 bits per heavy atom. The van der Waals surface area contributed by atoms with E-state index in [4.69, 9.17) is 0 Å². The summed E-state index contributed by atoms with van der Waals surface area (Å²) >= 11 is 0. The molecule has 0 radical (unpaired) electrons. The first-order valence-corrected chi connectivity index (χ1v) is 7.42. The highest BCUT2D eigenvalue weighted by molar-refractivity contribution is 4.78. The van der Waals surface area contributed by atoms with Crippen LogP contribution in [0.3, 0.4) is 0 Å². The van der Waals surface area contributed by atoms with E-state index in [1.54, 1.807) is 0 Å². The first-order valence-electron chi connectivity index (χ1n) is 7.42. The molecule has 112 valence electrons. The average molecular weight is 279 g/mol. The Kier molecular flexibility index (Phi) is 5.12. The molecule has 0 unspecified atom stereocenters. The Labute approximate surface area is 113 Å². The minimum Gasteiger partial charge on any atom is -0.393 e. The fraction of sp³-hybridized carbons (Fsp3) is 1.00. The molecule has 2 rings (SSSR count). The van der Waals surface area contributed by atoms with Crippen molar-refractivity contribution in [1.29, 1.82) is 0 Å². The van der Waals surface area contributed by atoms with Crippen molar-refractivity contribution in [2.24, 2.45) is 11.8 Å². The molecule has 1 aliphatic carbocycles. The molecule has 0 bridgehead atoms. The van der Waals surface area contributed by atoms with Crippen LogP contribution in [0.4, 0.5) is 13.2 Å². The second kappa shape index (κ2) is 6.44. The van der Waals surface area contributed by atoms with Crippen LogP contribution in [0.15, 0.2) is 0 Å². The maximum absolute atomic E-state index is 12.5. The zero-order valence-corrected chi connectivity index (χ0v) is 11.3. The molecule has 19 heavy (non-hydrogen) atoms. The van der Waals surface area contributed by atoms with Crippen molar-refractivity contribution >= 4 is 0 Å². The molecule has 0 aromatic rings. The topological polar surface area (TPSA) is 23.5 Å². The largest absolute Gasteiger partial charge is 0.393 e. The van der Waals surface area contributed by atoms with E-state index in [2.05, 4.69) is 4.90 Å². The van der Waals surface area contributed by atoms with E-state index in [9.17, 15) is 18.3 Å². The van der Waals surface area contributed by atoms with Crippen LogP contribution in [0.25, 0.3) is 0 Å². The summed E-state index contributed by atoms with van der Waals surface area (Å²) in [5.74, 6) is -0.598. The second-order valence-corrected chi connectivity index (χ2v) is 6.12. The van der Waals surface area contributed by atoms with E-state index >= 15 is 0 Å². The van der Waals surface area contributed by atoms with Gasteiger partial charge >= 0.3 is 6.18 Å². The molecule has 0 aromatic carbocycles. The van der Waals surface area contributed by atoms with E-state index in [0.717, 1.165) is 51.7 Å². The molecule has 0 atom stereocenters. The Balaban J connectivity index is 1.63. The molecule has 2 aliphatic rings. The van der Waals surface area contributed by atoms with Gasteiger partial charge in [-0.1, -0.05) is 0 Å². The van der Waals surface area contributed by atoms with E-state index in [1.165, 1.54) is 0 Å². The molecule has 1 saturated heterocycles. The molecule has 0 aromatic heterocycles. The predicted molar refractivity (Wildman–Crippen MR) is 67.8 cm³/mol. The standard InChI is InChI=1S/C14H24F3NO/c15-14(16,17)12-3-1-11(2-4-12)5-8-18-9-6-13(19)7-10-18/h11-13,19H,1-10H2. The number of likely N-dealkylation sites (tertiary alicyclic amines) is 1. The summed E-state index contributed by atoms with van der Waals surface area (Å²) in [6, 6.07) is 0. The number of nitrogens with zero attached hydrogens (tertiary/aromatic N) is 1. The number of hydrogen-bond acceptors (Lipinski definition) is 2. The van der Waals surface area contributed by atoms with Gasteiger partial charge in [0.25, 0.3) is 0 Å². The zero-order valence-electron chi connectivity index (χ0n) is 11.3. The van der Waals surface area contributed by atoms with Gasteiger partial charge in [0, 0.05) is 13.1 Å². The Morgan fingerprint density at radius 3 is 2.05 bits per heavy atom. The van der Waals surface area contributed by atoms with Crippen LogP contribution < -0.4 is 0 Å². The molecule has 1 saturated carbocycles. The molecule has 1 heterocycles. The van der Waals surface area contributed by atoms with Gasteiger partial charge in [-0.2, -0.15) is 13.2 Å². The van der Waals surface area contributed by atoms with Gasteiger partial charge in [-0.15, -0.1) is 0 Å². The lowest BCUT2D eigenvalue weighted by Gasteiger charge is -2.33. The van der Waals surface area contributed by atoms with E-state index in [0.29, 0.717) is 18.8 Å². The molecular weight excluding hydrogens is 255 g/mol. The molecule has 1 aliphatic heterocycles. The first-order chi connectivity index (χ1) is 8.95. The lowest BCUT2D eigenvalue weighted by molar-refractivity contribution is -0.184. The van der Waals surface area contributed by atoms with Gasteiger partial charge in [0.1, 0.15) is 0 Å². The predicted octanol–water partition coefficient (Wildman–Crippen LogP) is 3.20. The van der Waals surface area contributed by atoms with Gasteiger partial charge in [-0.3, -0.25) is 0 Å². The van der Waals surface area contributed by atoms with Crippen molar-refractivity contribution in [3.63, 3.8) is 0 Å². The van der Waals surface area contributed by atoms with Crippen molar-refractivity contribution < 1.29 is 18.3 Å². The van der Waals surface area contributed by atoms with Gasteiger partial charge in [-0.25, -0.2) is 0 Å². The number of alkyl halides is 3. The van der Waals surface area contributed by atoms with Gasteiger partial charge in [0.15, 0.2) is 0 Å². The minimum atomic E-state index is -3.99. The van der Waals surface area contributed by atoms with Crippen LogP contribution in [0.1, 0.15) is 44.9 Å². The SMILES string of the molecule is OC1CCN(CCC2CCC(C(F)(F)F)CC2)CC1. The van der Waals surface area contributed by atoms with Crippen molar-refractivity contribution in [3.05, 3.63) is 0 Å². The summed E-state index contributed by atoms with van der Waals surface area (Å²) in [7, 11) is 0. The average Bonchev–Trinajstić information content (AvgIpc) is 2.37. The van der Waals surface area contributed by atoms with Crippen LogP contribution in [-0.4, -0.2) is 41.9 Å². The van der Waals surface area contributed by atoms with E-state index in [-0.39, 0.29) is 6.10 Å². The summed E-state index contributed by atoms with van der Waals surface area (Å²) < 4.78 is 37.6. The third-order valence-corrected chi connectivity index (χ3v) is 4.72. The second-order valence-electron chi connectivity index (χ2n) is 6.12. The van der Waals surface area contributed by atoms with Gasteiger partial charge in [0.2, 0.25) is 0 Å². The van der Waals surface area contributed by atoms with Crippen molar-refractivity contribution in [1.82, 2.24) is 4.90 Å². The quantitative estimate of drug-likeness (QED) is 0.857. The summed E-state index contributed by atoms with van der Waals surface area (Å²) in [4.78, 5) is 2.34. The van der Waals surface area contributed by atoms with Crippen LogP contribution >= 0.6 is 0 Å². The number of rotatable bonds is 3. The molecule has 0 amide bonds. The highest BCUT2D eigenvalue weighted by Gasteiger charge is 2.41. The number of hydrogen-bond donors (Lipinski definition) is 1. The van der Waals surface area contributed by atoms with Crippen molar-refractivity contribution in [3.8, 4) is 0 Å². The Hall–Kier alpha value is -0.290. The third kappa shape index (κ3) is 4.63. The Bertz CT molecular complexity index is 266. The highest BCUT2D eigenvalue weighted by atomic mass is 19.4. The maximum atomic E-state index is 12.5. The van der Waals surface area contributed by atoms with Crippen molar-refractivity contribution in [2.45, 2.75) is 57.2 Å². The normalized spacial score (nSPS) is 31.6. The number of halogens is 3. The monoisotopic (exact) mass is 279 g/mol. The molecule has 1 N–H and O–H groups in total. The van der Waals surface area contributed by atoms with Crippen LogP contribution in [-0.2, 0) is 0 Å². The first kappa shape index (κ1) is 15.1. The number of piperidine rings is 1. The lowest BCUT2D eigenvalue weighted by Crippen LogP contribution is -2.37. The molecule has 2 fully saturated rings. The maximum Gasteiger partial charge on any atom is 0.391 e. The fourth-order valence-electron chi connectivity index (χ4n) is 3.29. The van der Waals surface area contributed by atoms with Crippen LogP contribution in [0, 0.1) is 11.8 Å². The summed E-state index contributed by atoms with van der Waals surface area (Å²) in [6.45, 7) is 2.84. The van der Waals surface area contributed by atoms with Crippen LogP contribution in [0.5, 0.6) is 0 Å². The number of aliphatic hydroxyl groups excluding tert-OH is 1. The van der Waals surface area contributed by atoms with Crippen LogP contribution in [0.2, 0.25) is 0 Å². The summed E-state index contributed by atoms with van der Waals surface area (Å²) in [5.41, 5.74) is 0. The summed E-state index contributed by atoms with van der Waals surface area (Å²) in [5, 5.41) is 9.42. The molecular formula is C14H24F3NO. The molecule has 2 nitrogen and oxygen atoms in total. The number of aliphatic hydroxyl groups is 1. The third-order valence-electron chi connectivity index (χ3n) is 4.72.